The molecule has 1 saturated heterocycles. The smallest absolute Gasteiger partial charge is 0.359 e. The third kappa shape index (κ3) is 3.19. The minimum atomic E-state index is -0.580. The van der Waals surface area contributed by atoms with Gasteiger partial charge in [-0.05, 0) is 38.0 Å². The van der Waals surface area contributed by atoms with Gasteiger partial charge in [0.1, 0.15) is 0 Å². The third-order valence-corrected chi connectivity index (χ3v) is 4.61. The molecule has 1 aliphatic rings. The minimum absolute atomic E-state index is 0.143. The van der Waals surface area contributed by atoms with Crippen LogP contribution in [-0.2, 0) is 9.53 Å². The summed E-state index contributed by atoms with van der Waals surface area (Å²) >= 11 is 1.62. The Kier molecular flexibility index (Phi) is 4.24. The number of aromatic amines is 1. The Morgan fingerprint density at radius 3 is 2.82 bits per heavy atom. The third-order valence-electron chi connectivity index (χ3n) is 3.58. The molecule has 22 heavy (non-hydrogen) atoms. The second kappa shape index (κ2) is 6.31. The Hall–Kier alpha value is -2.15. The van der Waals surface area contributed by atoms with Crippen molar-refractivity contribution in [1.29, 1.82) is 0 Å². The molecule has 0 bridgehead atoms. The summed E-state index contributed by atoms with van der Waals surface area (Å²) in [7, 11) is 0. The fourth-order valence-corrected chi connectivity index (χ4v) is 3.22. The van der Waals surface area contributed by atoms with E-state index in [1.54, 1.807) is 22.3 Å². The van der Waals surface area contributed by atoms with Gasteiger partial charge in [0.25, 0.3) is 5.91 Å². The average molecular weight is 319 g/mol. The van der Waals surface area contributed by atoms with Crippen molar-refractivity contribution in [3.05, 3.63) is 28.8 Å². The Labute approximate surface area is 132 Å². The van der Waals surface area contributed by atoms with Gasteiger partial charge in [-0.15, -0.1) is 11.3 Å². The average Bonchev–Trinajstić information content (AvgIpc) is 3.23. The van der Waals surface area contributed by atoms with E-state index in [1.165, 1.54) is 4.88 Å². The molecule has 2 aromatic heterocycles. The van der Waals surface area contributed by atoms with E-state index in [4.69, 9.17) is 4.74 Å². The maximum atomic E-state index is 11.9. The zero-order valence-electron chi connectivity index (χ0n) is 12.3. The van der Waals surface area contributed by atoms with E-state index >= 15 is 0 Å². The Bertz CT molecular complexity index is 686. The zero-order chi connectivity index (χ0) is 15.5. The fourth-order valence-electron chi connectivity index (χ4n) is 2.39. The molecule has 0 unspecified atom stereocenters. The van der Waals surface area contributed by atoms with Crippen LogP contribution in [0.4, 0.5) is 0 Å². The molecule has 1 aliphatic heterocycles. The van der Waals surface area contributed by atoms with E-state index in [1.807, 2.05) is 19.1 Å². The molecule has 0 aromatic carbocycles. The van der Waals surface area contributed by atoms with Crippen LogP contribution in [0.2, 0.25) is 0 Å². The number of ether oxygens (including phenoxy) is 1. The quantitative estimate of drug-likeness (QED) is 0.877. The number of likely N-dealkylation sites (tertiary alicyclic amines) is 1. The van der Waals surface area contributed by atoms with Crippen LogP contribution in [0.15, 0.2) is 18.2 Å². The topological polar surface area (TPSA) is 75.3 Å². The highest BCUT2D eigenvalue weighted by Crippen LogP contribution is 2.26. The molecule has 1 N–H and O–H groups in total. The van der Waals surface area contributed by atoms with Gasteiger partial charge in [0, 0.05) is 18.0 Å². The van der Waals surface area contributed by atoms with Gasteiger partial charge in [0.15, 0.2) is 12.3 Å². The molecule has 0 atom stereocenters. The van der Waals surface area contributed by atoms with Crippen LogP contribution in [-0.4, -0.2) is 46.7 Å². The highest BCUT2D eigenvalue weighted by Gasteiger charge is 2.20. The maximum absolute atomic E-state index is 11.9. The predicted octanol–water partition coefficient (Wildman–Crippen LogP) is 2.23. The van der Waals surface area contributed by atoms with Crippen molar-refractivity contribution in [3.63, 3.8) is 0 Å². The van der Waals surface area contributed by atoms with Crippen LogP contribution < -0.4 is 0 Å². The van der Waals surface area contributed by atoms with Crippen molar-refractivity contribution in [2.24, 2.45) is 0 Å². The summed E-state index contributed by atoms with van der Waals surface area (Å²) in [6.07, 6.45) is 2.03. The number of carbonyl (C=O) groups excluding carboxylic acids is 2. The number of aryl methyl sites for hydroxylation is 1. The monoisotopic (exact) mass is 319 g/mol. The highest BCUT2D eigenvalue weighted by atomic mass is 32.1. The first-order valence-corrected chi connectivity index (χ1v) is 8.02. The highest BCUT2D eigenvalue weighted by molar-refractivity contribution is 7.15. The van der Waals surface area contributed by atoms with Gasteiger partial charge in [0.2, 0.25) is 0 Å². The van der Waals surface area contributed by atoms with Crippen LogP contribution in [0.1, 0.15) is 28.2 Å². The van der Waals surface area contributed by atoms with E-state index in [2.05, 4.69) is 10.2 Å². The largest absolute Gasteiger partial charge is 0.451 e. The summed E-state index contributed by atoms with van der Waals surface area (Å²) in [5.41, 5.74) is 0.964. The van der Waals surface area contributed by atoms with Gasteiger partial charge < -0.3 is 9.64 Å². The predicted molar refractivity (Wildman–Crippen MR) is 82.7 cm³/mol. The number of hydrogen-bond donors (Lipinski definition) is 1. The van der Waals surface area contributed by atoms with Gasteiger partial charge >= 0.3 is 5.97 Å². The Balaban J connectivity index is 1.58. The van der Waals surface area contributed by atoms with E-state index in [0.717, 1.165) is 36.5 Å². The van der Waals surface area contributed by atoms with Crippen molar-refractivity contribution in [2.45, 2.75) is 19.8 Å². The van der Waals surface area contributed by atoms with E-state index < -0.39 is 5.97 Å². The summed E-state index contributed by atoms with van der Waals surface area (Å²) in [5, 5.41) is 6.78. The lowest BCUT2D eigenvalue weighted by molar-refractivity contribution is -0.133. The standard InChI is InChI=1S/C15H17N3O3S/c1-10-4-5-13(22-10)11-8-12(17-16-11)15(20)21-9-14(19)18-6-2-3-7-18/h4-5,8H,2-3,6-7,9H2,1H3,(H,16,17). The molecular formula is C15H17N3O3S. The first-order chi connectivity index (χ1) is 10.6. The summed E-state index contributed by atoms with van der Waals surface area (Å²) in [4.78, 5) is 27.7. The first kappa shape index (κ1) is 14.8. The normalized spacial score (nSPS) is 14.3. The molecule has 1 fully saturated rings. The van der Waals surface area contributed by atoms with E-state index in [-0.39, 0.29) is 18.2 Å². The molecule has 0 aliphatic carbocycles. The van der Waals surface area contributed by atoms with Crippen molar-refractivity contribution in [1.82, 2.24) is 15.1 Å². The number of H-pyrrole nitrogens is 1. The van der Waals surface area contributed by atoms with Crippen molar-refractivity contribution in [3.8, 4) is 10.6 Å². The van der Waals surface area contributed by atoms with Gasteiger partial charge in [-0.25, -0.2) is 4.79 Å². The molecule has 2 aromatic rings. The van der Waals surface area contributed by atoms with Gasteiger partial charge in [0.05, 0.1) is 10.6 Å². The zero-order valence-corrected chi connectivity index (χ0v) is 13.1. The fraction of sp³-hybridized carbons (Fsp3) is 0.400. The van der Waals surface area contributed by atoms with E-state index in [9.17, 15) is 9.59 Å². The number of aromatic nitrogens is 2. The second-order valence-corrected chi connectivity index (χ2v) is 6.53. The van der Waals surface area contributed by atoms with Crippen LogP contribution in [0.5, 0.6) is 0 Å². The van der Waals surface area contributed by atoms with Crippen LogP contribution in [0.25, 0.3) is 10.6 Å². The number of carbonyl (C=O) groups is 2. The van der Waals surface area contributed by atoms with Crippen LogP contribution in [0, 0.1) is 6.92 Å². The summed E-state index contributed by atoms with van der Waals surface area (Å²) in [6, 6.07) is 5.63. The number of esters is 1. The van der Waals surface area contributed by atoms with Crippen molar-refractivity contribution >= 4 is 23.2 Å². The number of hydrogen-bond acceptors (Lipinski definition) is 5. The molecule has 1 amide bonds. The summed E-state index contributed by atoms with van der Waals surface area (Å²) < 4.78 is 5.05. The maximum Gasteiger partial charge on any atom is 0.359 e. The van der Waals surface area contributed by atoms with Gasteiger partial charge in [-0.3, -0.25) is 9.89 Å². The molecule has 6 nitrogen and oxygen atoms in total. The van der Waals surface area contributed by atoms with E-state index in [0.29, 0.717) is 0 Å². The van der Waals surface area contributed by atoms with Crippen molar-refractivity contribution in [2.75, 3.05) is 19.7 Å². The molecule has 116 valence electrons. The summed E-state index contributed by atoms with van der Waals surface area (Å²) in [5.74, 6) is -0.723. The lowest BCUT2D eigenvalue weighted by atomic mass is 10.3. The molecule has 3 rings (SSSR count). The molecule has 7 heteroatoms. The van der Waals surface area contributed by atoms with Gasteiger partial charge in [-0.1, -0.05) is 0 Å². The lowest BCUT2D eigenvalue weighted by Crippen LogP contribution is -2.32. The Morgan fingerprint density at radius 2 is 2.14 bits per heavy atom. The van der Waals surface area contributed by atoms with Gasteiger partial charge in [-0.2, -0.15) is 5.10 Å². The molecule has 3 heterocycles. The number of thiophene rings is 1. The number of rotatable bonds is 4. The van der Waals surface area contributed by atoms with Crippen LogP contribution >= 0.6 is 11.3 Å². The first-order valence-electron chi connectivity index (χ1n) is 7.20. The SMILES string of the molecule is Cc1ccc(-c2cc(C(=O)OCC(=O)N3CCCC3)n[nH]2)s1. The Morgan fingerprint density at radius 1 is 1.36 bits per heavy atom. The number of nitrogens with one attached hydrogen (secondary N) is 1. The number of amides is 1. The minimum Gasteiger partial charge on any atom is -0.451 e. The molecule has 0 saturated carbocycles. The number of nitrogens with zero attached hydrogens (tertiary/aromatic N) is 2. The lowest BCUT2D eigenvalue weighted by Gasteiger charge is -2.14. The van der Waals surface area contributed by atoms with Crippen LogP contribution in [0.3, 0.4) is 0 Å². The summed E-state index contributed by atoms with van der Waals surface area (Å²) in [6.45, 7) is 3.30. The molecule has 0 spiro atoms. The second-order valence-electron chi connectivity index (χ2n) is 5.24. The van der Waals surface area contributed by atoms with Crippen molar-refractivity contribution < 1.29 is 14.3 Å². The molecular weight excluding hydrogens is 302 g/mol. The molecule has 0 radical (unpaired) electrons.